The molecule has 1 aromatic carbocycles. The molecule has 2 aliphatic rings. The summed E-state index contributed by atoms with van der Waals surface area (Å²) in [7, 11) is 0. The van der Waals surface area contributed by atoms with Crippen molar-refractivity contribution >= 4 is 5.91 Å². The molecule has 1 aliphatic carbocycles. The van der Waals surface area contributed by atoms with E-state index in [4.69, 9.17) is 4.74 Å². The number of benzene rings is 1. The molecule has 3 N–H and O–H groups in total. The molecule has 35 heavy (non-hydrogen) atoms. The smallest absolute Gasteiger partial charge is 0.221 e. The maximum absolute atomic E-state index is 14.7. The van der Waals surface area contributed by atoms with Gasteiger partial charge in [-0.3, -0.25) is 4.79 Å². The number of nitrogens with one attached hydrogen (secondary N) is 2. The second-order valence-electron chi connectivity index (χ2n) is 10.4. The van der Waals surface area contributed by atoms with E-state index in [2.05, 4.69) is 15.6 Å². The fourth-order valence-corrected chi connectivity index (χ4v) is 5.10. The SMILES string of the molecule is CC(=O)N[C@@H](Cc1cccc(F)c1)[C@@H](O)CN[C@H]1CC2(CCC2)Oc2nc(F)c(CC(C)C)cc21. The van der Waals surface area contributed by atoms with Crippen LogP contribution < -0.4 is 15.4 Å². The summed E-state index contributed by atoms with van der Waals surface area (Å²) in [4.78, 5) is 16.0. The van der Waals surface area contributed by atoms with Crippen LogP contribution in [0.5, 0.6) is 5.88 Å². The number of aliphatic hydroxyl groups is 1. The number of nitrogens with zero attached hydrogens (tertiary/aromatic N) is 1. The van der Waals surface area contributed by atoms with E-state index >= 15 is 0 Å². The third kappa shape index (κ3) is 6.16. The lowest BCUT2D eigenvalue weighted by Crippen LogP contribution is -2.52. The Balaban J connectivity index is 1.52. The summed E-state index contributed by atoms with van der Waals surface area (Å²) in [5.74, 6) is -0.521. The Morgan fingerprint density at radius 3 is 2.66 bits per heavy atom. The fraction of sp³-hybridized carbons (Fsp3) is 0.556. The van der Waals surface area contributed by atoms with Crippen molar-refractivity contribution in [3.8, 4) is 5.88 Å². The molecule has 190 valence electrons. The molecule has 1 fully saturated rings. The van der Waals surface area contributed by atoms with Crippen LogP contribution in [0.3, 0.4) is 0 Å². The molecule has 1 saturated carbocycles. The predicted molar refractivity (Wildman–Crippen MR) is 129 cm³/mol. The number of aliphatic hydroxyl groups excluding tert-OH is 1. The van der Waals surface area contributed by atoms with E-state index in [-0.39, 0.29) is 35.8 Å². The summed E-state index contributed by atoms with van der Waals surface area (Å²) in [6, 6.07) is 7.22. The van der Waals surface area contributed by atoms with E-state index in [1.165, 1.54) is 19.1 Å². The third-order valence-electron chi connectivity index (χ3n) is 6.97. The summed E-state index contributed by atoms with van der Waals surface area (Å²) in [5, 5.41) is 17.2. The minimum atomic E-state index is -0.922. The molecule has 0 bridgehead atoms. The van der Waals surface area contributed by atoms with Gasteiger partial charge in [0.25, 0.3) is 0 Å². The molecular weight excluding hydrogens is 452 g/mol. The van der Waals surface area contributed by atoms with Crippen LogP contribution >= 0.6 is 0 Å². The van der Waals surface area contributed by atoms with Gasteiger partial charge in [0.1, 0.15) is 11.4 Å². The van der Waals surface area contributed by atoms with Crippen LogP contribution in [0.1, 0.15) is 69.2 Å². The van der Waals surface area contributed by atoms with Gasteiger partial charge in [-0.05, 0) is 61.8 Å². The summed E-state index contributed by atoms with van der Waals surface area (Å²) in [6.07, 6.45) is 3.47. The van der Waals surface area contributed by atoms with Crippen molar-refractivity contribution in [2.24, 2.45) is 5.92 Å². The molecule has 2 heterocycles. The van der Waals surface area contributed by atoms with E-state index in [1.54, 1.807) is 12.1 Å². The quantitative estimate of drug-likeness (QED) is 0.466. The van der Waals surface area contributed by atoms with Gasteiger partial charge < -0.3 is 20.5 Å². The zero-order chi connectivity index (χ0) is 25.2. The minimum absolute atomic E-state index is 0.167. The number of amides is 1. The van der Waals surface area contributed by atoms with Gasteiger partial charge in [-0.25, -0.2) is 4.39 Å². The third-order valence-corrected chi connectivity index (χ3v) is 6.97. The van der Waals surface area contributed by atoms with Crippen molar-refractivity contribution < 1.29 is 23.4 Å². The Hall–Kier alpha value is -2.58. The van der Waals surface area contributed by atoms with Crippen LogP contribution in [0, 0.1) is 17.7 Å². The molecule has 0 unspecified atom stereocenters. The molecule has 1 spiro atoms. The number of pyridine rings is 1. The number of ether oxygens (including phenoxy) is 1. The number of aromatic nitrogens is 1. The highest BCUT2D eigenvalue weighted by Crippen LogP contribution is 2.48. The molecule has 4 rings (SSSR count). The van der Waals surface area contributed by atoms with Crippen molar-refractivity contribution in [2.45, 2.75) is 83.1 Å². The Labute approximate surface area is 205 Å². The summed E-state index contributed by atoms with van der Waals surface area (Å²) >= 11 is 0. The second-order valence-corrected chi connectivity index (χ2v) is 10.4. The zero-order valence-corrected chi connectivity index (χ0v) is 20.6. The Bertz CT molecular complexity index is 1060. The van der Waals surface area contributed by atoms with Crippen molar-refractivity contribution in [1.82, 2.24) is 15.6 Å². The summed E-state index contributed by atoms with van der Waals surface area (Å²) < 4.78 is 34.5. The minimum Gasteiger partial charge on any atom is -0.471 e. The number of carbonyl (C=O) groups is 1. The highest BCUT2D eigenvalue weighted by Gasteiger charge is 2.46. The molecule has 1 aliphatic heterocycles. The van der Waals surface area contributed by atoms with E-state index in [0.717, 1.165) is 24.8 Å². The highest BCUT2D eigenvalue weighted by molar-refractivity contribution is 5.73. The van der Waals surface area contributed by atoms with Crippen LogP contribution in [0.25, 0.3) is 0 Å². The van der Waals surface area contributed by atoms with Crippen molar-refractivity contribution in [3.63, 3.8) is 0 Å². The van der Waals surface area contributed by atoms with Gasteiger partial charge in [-0.2, -0.15) is 9.37 Å². The molecule has 2 aromatic rings. The van der Waals surface area contributed by atoms with Gasteiger partial charge in [0.05, 0.1) is 12.1 Å². The monoisotopic (exact) mass is 487 g/mol. The fourth-order valence-electron chi connectivity index (χ4n) is 5.10. The van der Waals surface area contributed by atoms with Gasteiger partial charge in [-0.1, -0.05) is 26.0 Å². The van der Waals surface area contributed by atoms with Crippen LogP contribution in [-0.4, -0.2) is 40.3 Å². The lowest BCUT2D eigenvalue weighted by Gasteiger charge is -2.47. The first-order valence-electron chi connectivity index (χ1n) is 12.5. The van der Waals surface area contributed by atoms with Crippen molar-refractivity contribution in [3.05, 3.63) is 58.8 Å². The number of carbonyl (C=O) groups excluding carboxylic acids is 1. The van der Waals surface area contributed by atoms with Gasteiger partial charge in [0.15, 0.2) is 0 Å². The van der Waals surface area contributed by atoms with Gasteiger partial charge >= 0.3 is 0 Å². The largest absolute Gasteiger partial charge is 0.471 e. The standard InChI is InChI=1S/C27H35F2N3O3/c1-16(2)10-19-13-21-23(14-27(8-5-9-27)35-26(21)32-25(19)29)30-15-24(34)22(31-17(3)33)12-18-6-4-7-20(28)11-18/h4,6-7,11,13,16,22-24,30,34H,5,8-10,12,14-15H2,1-3H3,(H,31,33)/t22-,23-,24-/m0/s1. The number of hydrogen-bond acceptors (Lipinski definition) is 5. The Morgan fingerprint density at radius 1 is 1.26 bits per heavy atom. The van der Waals surface area contributed by atoms with Crippen LogP contribution in [0.4, 0.5) is 8.78 Å². The Kier molecular flexibility index (Phi) is 7.71. The maximum Gasteiger partial charge on any atom is 0.221 e. The zero-order valence-electron chi connectivity index (χ0n) is 20.6. The lowest BCUT2D eigenvalue weighted by molar-refractivity contribution is -0.120. The van der Waals surface area contributed by atoms with Gasteiger partial charge in [0, 0.05) is 37.1 Å². The Morgan fingerprint density at radius 2 is 2.03 bits per heavy atom. The van der Waals surface area contributed by atoms with Gasteiger partial charge in [0.2, 0.25) is 17.7 Å². The first-order valence-corrected chi connectivity index (χ1v) is 12.5. The van der Waals surface area contributed by atoms with Crippen LogP contribution in [0.15, 0.2) is 30.3 Å². The number of fused-ring (bicyclic) bond motifs is 1. The average molecular weight is 488 g/mol. The molecule has 0 radical (unpaired) electrons. The lowest BCUT2D eigenvalue weighted by atomic mass is 9.73. The molecule has 1 amide bonds. The molecule has 3 atom stereocenters. The molecule has 8 heteroatoms. The van der Waals surface area contributed by atoms with E-state index in [9.17, 15) is 18.7 Å². The average Bonchev–Trinajstić information content (AvgIpc) is 2.75. The van der Waals surface area contributed by atoms with Crippen molar-refractivity contribution in [1.29, 1.82) is 0 Å². The van der Waals surface area contributed by atoms with Crippen LogP contribution in [-0.2, 0) is 17.6 Å². The number of halogens is 2. The number of hydrogen-bond donors (Lipinski definition) is 3. The van der Waals surface area contributed by atoms with E-state index in [0.29, 0.717) is 36.3 Å². The summed E-state index contributed by atoms with van der Waals surface area (Å²) in [6.45, 7) is 5.65. The normalized spacial score (nSPS) is 20.0. The first kappa shape index (κ1) is 25.5. The highest BCUT2D eigenvalue weighted by atomic mass is 19.1. The second kappa shape index (κ2) is 10.6. The molecular formula is C27H35F2N3O3. The van der Waals surface area contributed by atoms with Crippen LogP contribution in [0.2, 0.25) is 0 Å². The van der Waals surface area contributed by atoms with Gasteiger partial charge in [-0.15, -0.1) is 0 Å². The number of rotatable bonds is 9. The molecule has 6 nitrogen and oxygen atoms in total. The van der Waals surface area contributed by atoms with Crippen molar-refractivity contribution in [2.75, 3.05) is 6.54 Å². The molecule has 1 aromatic heterocycles. The first-order chi connectivity index (χ1) is 16.6. The predicted octanol–water partition coefficient (Wildman–Crippen LogP) is 4.00. The topological polar surface area (TPSA) is 83.5 Å². The van der Waals surface area contributed by atoms with E-state index in [1.807, 2.05) is 19.9 Å². The molecule has 0 saturated heterocycles. The summed E-state index contributed by atoms with van der Waals surface area (Å²) in [5.41, 5.74) is 1.69. The maximum atomic E-state index is 14.7. The van der Waals surface area contributed by atoms with E-state index < -0.39 is 18.1 Å².